The van der Waals surface area contributed by atoms with Gasteiger partial charge in [0, 0.05) is 16.8 Å². The Labute approximate surface area is 190 Å². The van der Waals surface area contributed by atoms with Gasteiger partial charge in [0.25, 0.3) is 11.8 Å². The molecule has 1 heterocycles. The maximum Gasteiger partial charge on any atom is 0.417 e. The van der Waals surface area contributed by atoms with Gasteiger partial charge in [-0.05, 0) is 62.5 Å². The Balaban J connectivity index is 2.04. The predicted molar refractivity (Wildman–Crippen MR) is 113 cm³/mol. The van der Waals surface area contributed by atoms with Crippen LogP contribution in [0.5, 0.6) is 0 Å². The summed E-state index contributed by atoms with van der Waals surface area (Å²) in [4.78, 5) is 27.3. The number of rotatable bonds is 3. The molecule has 1 N–H and O–H groups in total. The Hall–Kier alpha value is -3.52. The molecular weight excluding hydrogens is 449 g/mol. The maximum atomic E-state index is 14.7. The Bertz CT molecular complexity index is 1290. The van der Waals surface area contributed by atoms with Crippen LogP contribution in [0.3, 0.4) is 0 Å². The third-order valence-electron chi connectivity index (χ3n) is 4.92. The standard InChI is InChI=1S/C21H16F4N4O2S/c1-20(2)18(31)28(12-5-4-11(10-26)15(8-12)21(23,24)25)19(32)29(20)13-6-7-14(16(22)9-13)17(30)27-3/h4-9H,1-3H3,(H,27,30)/i3+1D3. The highest BCUT2D eigenvalue weighted by Gasteiger charge is 2.50. The van der Waals surface area contributed by atoms with Crippen LogP contribution < -0.4 is 15.1 Å². The number of amides is 2. The van der Waals surface area contributed by atoms with E-state index in [9.17, 15) is 27.2 Å². The van der Waals surface area contributed by atoms with Gasteiger partial charge in [-0.1, -0.05) is 0 Å². The smallest absolute Gasteiger partial charge is 0.355 e. The number of thiocarbonyl (C=S) groups is 1. The SMILES string of the molecule is [2H][13C]([2H])([2H])NC(=O)c1ccc(N2C(=S)N(c3ccc(C#N)c(C(F)(F)F)c3)C(=O)C2(C)C)cc1F. The molecule has 2 aromatic carbocycles. The summed E-state index contributed by atoms with van der Waals surface area (Å²) < 4.78 is 76.2. The molecule has 0 atom stereocenters. The summed E-state index contributed by atoms with van der Waals surface area (Å²) in [6.45, 7) is -0.00378. The molecule has 166 valence electrons. The molecule has 11 heteroatoms. The van der Waals surface area contributed by atoms with Crippen LogP contribution >= 0.6 is 12.2 Å². The summed E-state index contributed by atoms with van der Waals surface area (Å²) in [6, 6.07) is 7.23. The highest BCUT2D eigenvalue weighted by Crippen LogP contribution is 2.39. The molecule has 2 amide bonds. The number of anilines is 2. The van der Waals surface area contributed by atoms with Gasteiger partial charge < -0.3 is 10.2 Å². The lowest BCUT2D eigenvalue weighted by Gasteiger charge is -2.29. The lowest BCUT2D eigenvalue weighted by atomic mass is 10.0. The maximum absolute atomic E-state index is 14.7. The molecule has 0 unspecified atom stereocenters. The fraction of sp³-hybridized carbons (Fsp3) is 0.238. The zero-order valence-corrected chi connectivity index (χ0v) is 17.4. The van der Waals surface area contributed by atoms with Gasteiger partial charge in [-0.3, -0.25) is 14.5 Å². The minimum Gasteiger partial charge on any atom is -0.355 e. The van der Waals surface area contributed by atoms with Gasteiger partial charge in [-0.25, -0.2) is 4.39 Å². The summed E-state index contributed by atoms with van der Waals surface area (Å²) >= 11 is 5.36. The van der Waals surface area contributed by atoms with Crippen LogP contribution in [0.1, 0.15) is 39.4 Å². The van der Waals surface area contributed by atoms with Crippen molar-refractivity contribution in [1.82, 2.24) is 5.32 Å². The number of nitriles is 1. The van der Waals surface area contributed by atoms with Crippen LogP contribution in [-0.2, 0) is 11.0 Å². The molecule has 1 aliphatic rings. The largest absolute Gasteiger partial charge is 0.417 e. The lowest BCUT2D eigenvalue weighted by molar-refractivity contribution is -0.137. The van der Waals surface area contributed by atoms with Gasteiger partial charge in [0.15, 0.2) is 5.11 Å². The highest BCUT2D eigenvalue weighted by molar-refractivity contribution is 7.81. The van der Waals surface area contributed by atoms with Crippen LogP contribution in [0.2, 0.25) is 0 Å². The van der Waals surface area contributed by atoms with Gasteiger partial charge in [-0.2, -0.15) is 18.4 Å². The van der Waals surface area contributed by atoms with Crippen LogP contribution in [-0.4, -0.2) is 29.4 Å². The van der Waals surface area contributed by atoms with Gasteiger partial charge in [0.05, 0.1) is 28.4 Å². The Morgan fingerprint density at radius 1 is 1.22 bits per heavy atom. The first-order valence-corrected chi connectivity index (χ1v) is 9.32. The number of hydrogen-bond donors (Lipinski definition) is 1. The van der Waals surface area contributed by atoms with E-state index in [2.05, 4.69) is 0 Å². The first kappa shape index (κ1) is 19.2. The third-order valence-corrected chi connectivity index (χ3v) is 5.29. The number of alkyl halides is 3. The Kier molecular flexibility index (Phi) is 4.72. The molecule has 0 aliphatic carbocycles. The number of nitrogens with zero attached hydrogens (tertiary/aromatic N) is 3. The predicted octanol–water partition coefficient (Wildman–Crippen LogP) is 3.99. The van der Waals surface area contributed by atoms with Gasteiger partial charge >= 0.3 is 6.18 Å². The second-order valence-corrected chi connectivity index (χ2v) is 7.64. The van der Waals surface area contributed by atoms with Gasteiger partial charge in [-0.15, -0.1) is 0 Å². The summed E-state index contributed by atoms with van der Waals surface area (Å²) in [5.74, 6) is -3.01. The lowest BCUT2D eigenvalue weighted by Crippen LogP contribution is -2.44. The molecule has 1 fully saturated rings. The average molecular weight is 468 g/mol. The first-order valence-electron chi connectivity index (χ1n) is 10.4. The summed E-state index contributed by atoms with van der Waals surface area (Å²) in [7, 11) is 0. The van der Waals surface area contributed by atoms with Crippen molar-refractivity contribution in [2.75, 3.05) is 16.8 Å². The van der Waals surface area contributed by atoms with Crippen LogP contribution in [0, 0.1) is 17.1 Å². The van der Waals surface area contributed by atoms with Crippen molar-refractivity contribution in [3.05, 3.63) is 58.9 Å². The Morgan fingerprint density at radius 3 is 2.44 bits per heavy atom. The van der Waals surface area contributed by atoms with Crippen molar-refractivity contribution in [3.8, 4) is 6.07 Å². The van der Waals surface area contributed by atoms with Gasteiger partial charge in [0.1, 0.15) is 11.4 Å². The average Bonchev–Trinajstić information content (AvgIpc) is 2.89. The monoisotopic (exact) mass is 468 g/mol. The van der Waals surface area contributed by atoms with E-state index in [0.29, 0.717) is 6.07 Å². The van der Waals surface area contributed by atoms with E-state index in [0.717, 1.165) is 29.2 Å². The van der Waals surface area contributed by atoms with E-state index in [1.165, 1.54) is 30.9 Å². The van der Waals surface area contributed by atoms with Crippen molar-refractivity contribution in [1.29, 1.82) is 5.26 Å². The number of carbonyl (C=O) groups is 2. The second-order valence-electron chi connectivity index (χ2n) is 7.28. The zero-order valence-electron chi connectivity index (χ0n) is 19.5. The van der Waals surface area contributed by atoms with Crippen molar-refractivity contribution in [3.63, 3.8) is 0 Å². The molecule has 0 bridgehead atoms. The van der Waals surface area contributed by atoms with Crippen molar-refractivity contribution >= 4 is 40.5 Å². The Morgan fingerprint density at radius 2 is 1.88 bits per heavy atom. The number of carbonyl (C=O) groups excluding carboxylic acids is 2. The summed E-state index contributed by atoms with van der Waals surface area (Å²) in [5.41, 5.74) is -4.17. The first-order chi connectivity index (χ1) is 16.0. The van der Waals surface area contributed by atoms with E-state index in [1.807, 2.05) is 0 Å². The van der Waals surface area contributed by atoms with Crippen molar-refractivity contribution in [2.24, 2.45) is 0 Å². The van der Waals surface area contributed by atoms with Crippen molar-refractivity contribution < 1.29 is 31.3 Å². The molecule has 3 rings (SSSR count). The number of nitrogens with one attached hydrogen (secondary N) is 1. The van der Waals surface area contributed by atoms with E-state index in [4.69, 9.17) is 21.6 Å². The van der Waals surface area contributed by atoms with E-state index in [-0.39, 0.29) is 16.5 Å². The summed E-state index contributed by atoms with van der Waals surface area (Å²) in [6.07, 6.45) is -4.87. The molecule has 0 spiro atoms. The molecular formula is C21H16F4N4O2S. The van der Waals surface area contributed by atoms with E-state index >= 15 is 0 Å². The van der Waals surface area contributed by atoms with E-state index < -0.39 is 53.0 Å². The van der Waals surface area contributed by atoms with Crippen molar-refractivity contribution in [2.45, 2.75) is 25.6 Å². The number of hydrogen-bond acceptors (Lipinski definition) is 4. The zero-order chi connectivity index (χ0) is 26.5. The quantitative estimate of drug-likeness (QED) is 0.419. The number of benzene rings is 2. The van der Waals surface area contributed by atoms with Crippen LogP contribution in [0.4, 0.5) is 28.9 Å². The normalized spacial score (nSPS) is 17.5. The molecule has 1 saturated heterocycles. The minimum atomic E-state index is -4.87. The molecule has 2 aromatic rings. The summed E-state index contributed by atoms with van der Waals surface area (Å²) in [5, 5.41) is 10.4. The topological polar surface area (TPSA) is 76.4 Å². The molecule has 0 radical (unpaired) electrons. The van der Waals surface area contributed by atoms with Crippen LogP contribution in [0.15, 0.2) is 36.4 Å². The highest BCUT2D eigenvalue weighted by atomic mass is 32.1. The molecule has 6 nitrogen and oxygen atoms in total. The van der Waals surface area contributed by atoms with Gasteiger partial charge in [0.2, 0.25) is 0 Å². The van der Waals surface area contributed by atoms with E-state index in [1.54, 1.807) is 5.32 Å². The molecule has 32 heavy (non-hydrogen) atoms. The molecule has 1 aliphatic heterocycles. The number of halogens is 4. The molecule has 0 aromatic heterocycles. The van der Waals surface area contributed by atoms with Crippen LogP contribution in [0.25, 0.3) is 0 Å². The third kappa shape index (κ3) is 3.67. The molecule has 0 saturated carbocycles. The fourth-order valence-corrected chi connectivity index (χ4v) is 3.88. The second kappa shape index (κ2) is 7.87. The fourth-order valence-electron chi connectivity index (χ4n) is 3.35. The minimum absolute atomic E-state index is 0.00322.